The number of hydrogen-bond donors (Lipinski definition) is 1. The number of thioether (sulfide) groups is 1. The van der Waals surface area contributed by atoms with Crippen molar-refractivity contribution in [1.29, 1.82) is 0 Å². The highest BCUT2D eigenvalue weighted by atomic mass is 35.5. The van der Waals surface area contributed by atoms with Crippen LogP contribution >= 0.6 is 23.4 Å². The van der Waals surface area contributed by atoms with E-state index in [1.54, 1.807) is 17.8 Å². The van der Waals surface area contributed by atoms with Crippen LogP contribution in [0.5, 0.6) is 0 Å². The predicted octanol–water partition coefficient (Wildman–Crippen LogP) is 3.87. The molecule has 110 valence electrons. The maximum Gasteiger partial charge on any atom is 0.225 e. The highest BCUT2D eigenvalue weighted by Gasteiger charge is 2.07. The van der Waals surface area contributed by atoms with Crippen LogP contribution in [0, 0.1) is 13.8 Å². The number of aryl methyl sites for hydroxylation is 1. The molecule has 1 heterocycles. The molecule has 4 nitrogen and oxygen atoms in total. The standard InChI is InChI=1S/C15H16ClN3OS/c1-10-8-15(18-9-17-10)21-7-6-14(20)19-13-5-3-4-12(16)11(13)2/h3-5,8-9H,6-7H2,1-2H3,(H,19,20). The fraction of sp³-hybridized carbons (Fsp3) is 0.267. The maximum atomic E-state index is 11.9. The first-order chi connectivity index (χ1) is 10.1. The number of hydrogen-bond acceptors (Lipinski definition) is 4. The number of carbonyl (C=O) groups excluding carboxylic acids is 1. The third-order valence-electron chi connectivity index (χ3n) is 2.90. The molecule has 1 aromatic carbocycles. The molecule has 0 bridgehead atoms. The molecular formula is C15H16ClN3OS. The summed E-state index contributed by atoms with van der Waals surface area (Å²) in [5.41, 5.74) is 2.56. The van der Waals surface area contributed by atoms with Gasteiger partial charge in [-0.1, -0.05) is 17.7 Å². The molecule has 0 radical (unpaired) electrons. The Labute approximate surface area is 133 Å². The Balaban J connectivity index is 1.84. The van der Waals surface area contributed by atoms with Crippen molar-refractivity contribution in [2.75, 3.05) is 11.1 Å². The van der Waals surface area contributed by atoms with Gasteiger partial charge in [-0.25, -0.2) is 9.97 Å². The van der Waals surface area contributed by atoms with Crippen molar-refractivity contribution in [2.24, 2.45) is 0 Å². The van der Waals surface area contributed by atoms with Gasteiger partial charge in [0, 0.05) is 28.6 Å². The molecule has 1 amide bonds. The summed E-state index contributed by atoms with van der Waals surface area (Å²) in [6, 6.07) is 7.38. The number of amides is 1. The Morgan fingerprint density at radius 3 is 2.90 bits per heavy atom. The van der Waals surface area contributed by atoms with Crippen LogP contribution in [0.15, 0.2) is 35.6 Å². The zero-order valence-corrected chi connectivity index (χ0v) is 13.5. The Morgan fingerprint density at radius 1 is 1.33 bits per heavy atom. The van der Waals surface area contributed by atoms with E-state index in [0.717, 1.165) is 22.0 Å². The first-order valence-corrected chi connectivity index (χ1v) is 7.89. The fourth-order valence-corrected chi connectivity index (χ4v) is 2.76. The van der Waals surface area contributed by atoms with Gasteiger partial charge in [-0.3, -0.25) is 4.79 Å². The summed E-state index contributed by atoms with van der Waals surface area (Å²) in [4.78, 5) is 20.1. The van der Waals surface area contributed by atoms with E-state index in [2.05, 4.69) is 15.3 Å². The minimum atomic E-state index is -0.0290. The van der Waals surface area contributed by atoms with Crippen LogP contribution in [0.2, 0.25) is 5.02 Å². The number of benzene rings is 1. The number of nitrogens with one attached hydrogen (secondary N) is 1. The molecule has 0 aliphatic rings. The molecule has 21 heavy (non-hydrogen) atoms. The topological polar surface area (TPSA) is 54.9 Å². The van der Waals surface area contributed by atoms with Gasteiger partial charge in [0.2, 0.25) is 5.91 Å². The number of aromatic nitrogens is 2. The second kappa shape index (κ2) is 7.43. The predicted molar refractivity (Wildman–Crippen MR) is 86.9 cm³/mol. The van der Waals surface area contributed by atoms with E-state index in [9.17, 15) is 4.79 Å². The molecule has 2 rings (SSSR count). The van der Waals surface area contributed by atoms with Crippen molar-refractivity contribution in [3.8, 4) is 0 Å². The summed E-state index contributed by atoms with van der Waals surface area (Å²) < 4.78 is 0. The van der Waals surface area contributed by atoms with Gasteiger partial charge in [-0.2, -0.15) is 0 Å². The van der Waals surface area contributed by atoms with Crippen molar-refractivity contribution in [2.45, 2.75) is 25.3 Å². The second-order valence-electron chi connectivity index (χ2n) is 4.56. The summed E-state index contributed by atoms with van der Waals surface area (Å²) in [6.07, 6.45) is 1.95. The molecule has 0 saturated heterocycles. The summed E-state index contributed by atoms with van der Waals surface area (Å²) in [5, 5.41) is 4.41. The molecule has 1 aromatic heterocycles. The maximum absolute atomic E-state index is 11.9. The van der Waals surface area contributed by atoms with Crippen molar-refractivity contribution in [3.05, 3.63) is 46.9 Å². The molecule has 0 aliphatic heterocycles. The van der Waals surface area contributed by atoms with Gasteiger partial charge < -0.3 is 5.32 Å². The normalized spacial score (nSPS) is 10.4. The second-order valence-corrected chi connectivity index (χ2v) is 6.08. The van der Waals surface area contributed by atoms with Gasteiger partial charge in [0.15, 0.2) is 0 Å². The lowest BCUT2D eigenvalue weighted by Crippen LogP contribution is -2.13. The molecule has 0 atom stereocenters. The number of nitrogens with zero attached hydrogens (tertiary/aromatic N) is 2. The highest BCUT2D eigenvalue weighted by molar-refractivity contribution is 7.99. The average Bonchev–Trinajstić information content (AvgIpc) is 2.44. The SMILES string of the molecule is Cc1cc(SCCC(=O)Nc2cccc(Cl)c2C)ncn1. The molecule has 0 spiro atoms. The van der Waals surface area contributed by atoms with Crippen LogP contribution in [0.25, 0.3) is 0 Å². The Bertz CT molecular complexity index is 649. The van der Waals surface area contributed by atoms with Crippen molar-refractivity contribution in [3.63, 3.8) is 0 Å². The number of rotatable bonds is 5. The van der Waals surface area contributed by atoms with Gasteiger partial charge in [0.05, 0.1) is 5.03 Å². The number of anilines is 1. The summed E-state index contributed by atoms with van der Waals surface area (Å²) in [5.74, 6) is 0.640. The van der Waals surface area contributed by atoms with Gasteiger partial charge in [0.25, 0.3) is 0 Å². The Morgan fingerprint density at radius 2 is 2.14 bits per heavy atom. The Hall–Kier alpha value is -1.59. The van der Waals surface area contributed by atoms with E-state index in [1.807, 2.05) is 32.0 Å². The van der Waals surface area contributed by atoms with Crippen LogP contribution < -0.4 is 5.32 Å². The largest absolute Gasteiger partial charge is 0.326 e. The zero-order chi connectivity index (χ0) is 15.2. The van der Waals surface area contributed by atoms with E-state index in [4.69, 9.17) is 11.6 Å². The summed E-state index contributed by atoms with van der Waals surface area (Å²) in [7, 11) is 0. The van der Waals surface area contributed by atoms with Gasteiger partial charge in [-0.05, 0) is 37.6 Å². The molecule has 0 fully saturated rings. The summed E-state index contributed by atoms with van der Waals surface area (Å²) >= 11 is 7.57. The van der Waals surface area contributed by atoms with Crippen LogP contribution in [0.3, 0.4) is 0 Å². The molecule has 6 heteroatoms. The van der Waals surface area contributed by atoms with Gasteiger partial charge in [0.1, 0.15) is 6.33 Å². The number of halogens is 1. The van der Waals surface area contributed by atoms with E-state index < -0.39 is 0 Å². The van der Waals surface area contributed by atoms with Gasteiger partial charge in [-0.15, -0.1) is 11.8 Å². The minimum Gasteiger partial charge on any atom is -0.326 e. The lowest BCUT2D eigenvalue weighted by Gasteiger charge is -2.09. The first-order valence-electron chi connectivity index (χ1n) is 6.52. The molecule has 0 unspecified atom stereocenters. The van der Waals surface area contributed by atoms with Crippen LogP contribution in [-0.4, -0.2) is 21.6 Å². The van der Waals surface area contributed by atoms with Crippen LogP contribution in [0.4, 0.5) is 5.69 Å². The van der Waals surface area contributed by atoms with Crippen LogP contribution in [0.1, 0.15) is 17.7 Å². The Kier molecular flexibility index (Phi) is 5.59. The van der Waals surface area contributed by atoms with Crippen molar-refractivity contribution < 1.29 is 4.79 Å². The smallest absolute Gasteiger partial charge is 0.225 e. The van der Waals surface area contributed by atoms with E-state index in [0.29, 0.717) is 17.2 Å². The fourth-order valence-electron chi connectivity index (χ4n) is 1.71. The van der Waals surface area contributed by atoms with Crippen molar-refractivity contribution >= 4 is 35.0 Å². The average molecular weight is 322 g/mol. The highest BCUT2D eigenvalue weighted by Crippen LogP contribution is 2.23. The van der Waals surface area contributed by atoms with E-state index in [1.165, 1.54) is 6.33 Å². The number of carbonyl (C=O) groups is 1. The van der Waals surface area contributed by atoms with Crippen LogP contribution in [-0.2, 0) is 4.79 Å². The zero-order valence-electron chi connectivity index (χ0n) is 11.9. The molecule has 1 N–H and O–H groups in total. The van der Waals surface area contributed by atoms with E-state index >= 15 is 0 Å². The molecule has 0 saturated carbocycles. The lowest BCUT2D eigenvalue weighted by atomic mass is 10.2. The lowest BCUT2D eigenvalue weighted by molar-refractivity contribution is -0.115. The third kappa shape index (κ3) is 4.72. The minimum absolute atomic E-state index is 0.0290. The monoisotopic (exact) mass is 321 g/mol. The summed E-state index contributed by atoms with van der Waals surface area (Å²) in [6.45, 7) is 3.80. The third-order valence-corrected chi connectivity index (χ3v) is 4.24. The quantitative estimate of drug-likeness (QED) is 0.671. The molecule has 2 aromatic rings. The van der Waals surface area contributed by atoms with Crippen molar-refractivity contribution in [1.82, 2.24) is 9.97 Å². The molecular weight excluding hydrogens is 306 g/mol. The first kappa shape index (κ1) is 15.8. The van der Waals surface area contributed by atoms with E-state index in [-0.39, 0.29) is 5.91 Å². The molecule has 0 aliphatic carbocycles. The van der Waals surface area contributed by atoms with Gasteiger partial charge >= 0.3 is 0 Å².